The van der Waals surface area contributed by atoms with Crippen molar-refractivity contribution in [3.63, 3.8) is 0 Å². The highest BCUT2D eigenvalue weighted by atomic mass is 16.5. The zero-order valence-electron chi connectivity index (χ0n) is 12.1. The lowest BCUT2D eigenvalue weighted by Gasteiger charge is -2.18. The third-order valence-electron chi connectivity index (χ3n) is 4.32. The highest BCUT2D eigenvalue weighted by Crippen LogP contribution is 2.24. The molecule has 1 fully saturated rings. The Kier molecular flexibility index (Phi) is 3.89. The molecule has 1 unspecified atom stereocenters. The van der Waals surface area contributed by atoms with Crippen molar-refractivity contribution in [1.29, 1.82) is 0 Å². The maximum atomic E-state index is 5.48. The maximum Gasteiger partial charge on any atom is 0.111 e. The van der Waals surface area contributed by atoms with Gasteiger partial charge in [-0.25, -0.2) is 4.98 Å². The Labute approximate surface area is 115 Å². The summed E-state index contributed by atoms with van der Waals surface area (Å²) in [5.41, 5.74) is 2.75. The molecule has 0 amide bonds. The minimum absolute atomic E-state index is 0.505. The fourth-order valence-electron chi connectivity index (χ4n) is 3.20. The van der Waals surface area contributed by atoms with Crippen LogP contribution < -0.4 is 5.32 Å². The lowest BCUT2D eigenvalue weighted by atomic mass is 10.0. The Hall–Kier alpha value is -0.870. The molecule has 1 aromatic rings. The summed E-state index contributed by atoms with van der Waals surface area (Å²) >= 11 is 0. The van der Waals surface area contributed by atoms with Gasteiger partial charge in [0.25, 0.3) is 0 Å². The van der Waals surface area contributed by atoms with Crippen LogP contribution in [-0.2, 0) is 24.2 Å². The largest absolute Gasteiger partial charge is 0.381 e. The van der Waals surface area contributed by atoms with Crippen molar-refractivity contribution in [3.05, 3.63) is 17.2 Å². The Balaban J connectivity index is 1.78. The molecular formula is C15H25N3O. The number of ether oxygens (including phenoxy) is 1. The summed E-state index contributed by atoms with van der Waals surface area (Å²) in [5.74, 6) is 2.53. The van der Waals surface area contributed by atoms with Crippen LogP contribution in [0.2, 0.25) is 0 Å². The van der Waals surface area contributed by atoms with E-state index in [1.54, 1.807) is 0 Å². The van der Waals surface area contributed by atoms with Gasteiger partial charge in [-0.05, 0) is 18.8 Å². The van der Waals surface area contributed by atoms with E-state index in [9.17, 15) is 0 Å². The molecule has 0 bridgehead atoms. The highest BCUT2D eigenvalue weighted by molar-refractivity contribution is 5.21. The molecular weight excluding hydrogens is 238 g/mol. The molecule has 3 heterocycles. The van der Waals surface area contributed by atoms with Gasteiger partial charge in [-0.2, -0.15) is 0 Å². The molecule has 3 rings (SSSR count). The van der Waals surface area contributed by atoms with E-state index in [2.05, 4.69) is 23.7 Å². The first kappa shape index (κ1) is 13.1. The molecule has 0 aromatic carbocycles. The quantitative estimate of drug-likeness (QED) is 0.904. The van der Waals surface area contributed by atoms with Gasteiger partial charge in [0.1, 0.15) is 5.82 Å². The number of nitrogens with zero attached hydrogens (tertiary/aromatic N) is 2. The van der Waals surface area contributed by atoms with Gasteiger partial charge in [0, 0.05) is 50.9 Å². The van der Waals surface area contributed by atoms with Crippen LogP contribution in [-0.4, -0.2) is 29.3 Å². The third-order valence-corrected chi connectivity index (χ3v) is 4.32. The molecule has 106 valence electrons. The molecule has 4 heteroatoms. The summed E-state index contributed by atoms with van der Waals surface area (Å²) in [6.45, 7) is 9.54. The van der Waals surface area contributed by atoms with Gasteiger partial charge in [-0.15, -0.1) is 0 Å². The van der Waals surface area contributed by atoms with Gasteiger partial charge in [0.15, 0.2) is 0 Å². The fraction of sp³-hybridized carbons (Fsp3) is 0.800. The highest BCUT2D eigenvalue weighted by Gasteiger charge is 2.22. The van der Waals surface area contributed by atoms with Crippen LogP contribution >= 0.6 is 0 Å². The summed E-state index contributed by atoms with van der Waals surface area (Å²) < 4.78 is 7.98. The van der Waals surface area contributed by atoms with Crippen molar-refractivity contribution in [2.24, 2.45) is 5.92 Å². The molecule has 0 spiro atoms. The van der Waals surface area contributed by atoms with Crippen molar-refractivity contribution < 1.29 is 4.74 Å². The normalized spacial score (nSPS) is 23.0. The topological polar surface area (TPSA) is 39.1 Å². The number of hydrogen-bond acceptors (Lipinski definition) is 3. The van der Waals surface area contributed by atoms with E-state index in [0.717, 1.165) is 45.2 Å². The lowest BCUT2D eigenvalue weighted by molar-refractivity contribution is 0.183. The van der Waals surface area contributed by atoms with E-state index in [1.165, 1.54) is 30.1 Å². The smallest absolute Gasteiger partial charge is 0.111 e. The second-order valence-electron chi connectivity index (χ2n) is 6.11. The second-order valence-corrected chi connectivity index (χ2v) is 6.11. The molecule has 0 saturated carbocycles. The summed E-state index contributed by atoms with van der Waals surface area (Å²) in [7, 11) is 0. The molecule has 1 saturated heterocycles. The van der Waals surface area contributed by atoms with Gasteiger partial charge in [0.2, 0.25) is 0 Å². The Morgan fingerprint density at radius 1 is 1.47 bits per heavy atom. The van der Waals surface area contributed by atoms with Crippen molar-refractivity contribution in [2.75, 3.05) is 19.8 Å². The number of fused-ring (bicyclic) bond motifs is 1. The van der Waals surface area contributed by atoms with E-state index in [1.807, 2.05) is 0 Å². The van der Waals surface area contributed by atoms with E-state index in [4.69, 9.17) is 9.72 Å². The van der Waals surface area contributed by atoms with E-state index < -0.39 is 0 Å². The standard InChI is InChI=1S/C15H25N3O/c1-11(2)15-17-13-9-16-6-3-14(13)18(15)7-4-12-5-8-19-10-12/h11-12,16H,3-10H2,1-2H3. The van der Waals surface area contributed by atoms with Crippen LogP contribution in [0.3, 0.4) is 0 Å². The summed E-state index contributed by atoms with van der Waals surface area (Å²) in [6, 6.07) is 0. The monoisotopic (exact) mass is 263 g/mol. The Morgan fingerprint density at radius 3 is 3.11 bits per heavy atom. The number of imidazole rings is 1. The predicted octanol–water partition coefficient (Wildman–Crippen LogP) is 2.08. The summed E-state index contributed by atoms with van der Waals surface area (Å²) in [6.07, 6.45) is 3.58. The molecule has 2 aliphatic heterocycles. The molecule has 1 N–H and O–H groups in total. The van der Waals surface area contributed by atoms with Gasteiger partial charge in [-0.3, -0.25) is 0 Å². The SMILES string of the molecule is CC(C)c1nc2c(n1CCC1CCOC1)CCNC2. The number of hydrogen-bond donors (Lipinski definition) is 1. The molecule has 0 radical (unpaired) electrons. The van der Waals surface area contributed by atoms with Gasteiger partial charge >= 0.3 is 0 Å². The van der Waals surface area contributed by atoms with Crippen molar-refractivity contribution in [2.45, 2.75) is 52.1 Å². The molecule has 4 nitrogen and oxygen atoms in total. The molecule has 2 aliphatic rings. The lowest BCUT2D eigenvalue weighted by Crippen LogP contribution is -2.25. The number of aromatic nitrogens is 2. The van der Waals surface area contributed by atoms with Gasteiger partial charge in [-0.1, -0.05) is 13.8 Å². The fourth-order valence-corrected chi connectivity index (χ4v) is 3.20. The van der Waals surface area contributed by atoms with Gasteiger partial charge < -0.3 is 14.6 Å². The number of rotatable bonds is 4. The predicted molar refractivity (Wildman–Crippen MR) is 75.3 cm³/mol. The van der Waals surface area contributed by atoms with Crippen molar-refractivity contribution >= 4 is 0 Å². The third kappa shape index (κ3) is 2.70. The average Bonchev–Trinajstić information content (AvgIpc) is 3.03. The van der Waals surface area contributed by atoms with Crippen LogP contribution in [0, 0.1) is 5.92 Å². The first-order valence-corrected chi connectivity index (χ1v) is 7.62. The van der Waals surface area contributed by atoms with Crippen LogP contribution in [0.4, 0.5) is 0 Å². The van der Waals surface area contributed by atoms with E-state index in [-0.39, 0.29) is 0 Å². The van der Waals surface area contributed by atoms with Crippen molar-refractivity contribution in [1.82, 2.24) is 14.9 Å². The number of nitrogens with one attached hydrogen (secondary N) is 1. The molecule has 19 heavy (non-hydrogen) atoms. The van der Waals surface area contributed by atoms with E-state index in [0.29, 0.717) is 5.92 Å². The van der Waals surface area contributed by atoms with Crippen LogP contribution in [0.5, 0.6) is 0 Å². The van der Waals surface area contributed by atoms with Crippen LogP contribution in [0.25, 0.3) is 0 Å². The summed E-state index contributed by atoms with van der Waals surface area (Å²) in [5, 5.41) is 3.42. The average molecular weight is 263 g/mol. The van der Waals surface area contributed by atoms with Crippen molar-refractivity contribution in [3.8, 4) is 0 Å². The minimum atomic E-state index is 0.505. The zero-order chi connectivity index (χ0) is 13.2. The first-order valence-electron chi connectivity index (χ1n) is 7.62. The first-order chi connectivity index (χ1) is 9.25. The zero-order valence-corrected chi connectivity index (χ0v) is 12.1. The minimum Gasteiger partial charge on any atom is -0.381 e. The van der Waals surface area contributed by atoms with E-state index >= 15 is 0 Å². The van der Waals surface area contributed by atoms with Crippen LogP contribution in [0.1, 0.15) is 49.8 Å². The second kappa shape index (κ2) is 5.63. The van der Waals surface area contributed by atoms with Crippen LogP contribution in [0.15, 0.2) is 0 Å². The maximum absolute atomic E-state index is 5.48. The Bertz CT molecular complexity index is 433. The van der Waals surface area contributed by atoms with Gasteiger partial charge in [0.05, 0.1) is 5.69 Å². The molecule has 0 aliphatic carbocycles. The summed E-state index contributed by atoms with van der Waals surface area (Å²) in [4.78, 5) is 4.86. The Morgan fingerprint density at radius 2 is 2.37 bits per heavy atom. The molecule has 1 atom stereocenters. The molecule has 1 aromatic heterocycles.